The molecule has 0 fully saturated rings. The van der Waals surface area contributed by atoms with E-state index in [1.807, 2.05) is 0 Å². The number of furan rings is 1. The van der Waals surface area contributed by atoms with Gasteiger partial charge in [0.05, 0.1) is 41.0 Å². The first kappa shape index (κ1) is 22.4. The van der Waals surface area contributed by atoms with Crippen LogP contribution in [0.4, 0.5) is 0 Å². The third kappa shape index (κ3) is 4.86. The molecule has 2 aromatic carbocycles. The minimum atomic E-state index is -3.77. The zero-order chi connectivity index (χ0) is 23.4. The van der Waals surface area contributed by atoms with E-state index in [-0.39, 0.29) is 48.4 Å². The molecule has 9 nitrogen and oxygen atoms in total. The number of fused-ring (bicyclic) bond motifs is 1. The lowest BCUT2D eigenvalue weighted by Gasteiger charge is -2.13. The molecule has 0 atom stereocenters. The number of hydrogen-bond donors (Lipinski definition) is 1. The number of carbonyl (C=O) groups is 3. The average Bonchev–Trinajstić information content (AvgIpc) is 3.43. The second-order valence-corrected chi connectivity index (χ2v) is 8.99. The first-order valence-corrected chi connectivity index (χ1v) is 11.6. The standard InChI is InChI=1S/C23H20N2O7S/c26-21-19-6-1-2-7-20(19)22(27)25(21)12-4-14-32-23(28)16-8-10-18(11-9-16)33(29,30)24-15-17-5-3-13-31-17/h1-3,5-11,13,24H,4,12,14-15H2. The molecule has 10 heteroatoms. The minimum absolute atomic E-state index is 0.00298. The number of nitrogens with one attached hydrogen (secondary N) is 1. The van der Waals surface area contributed by atoms with Crippen LogP contribution in [-0.4, -0.2) is 44.3 Å². The Kier molecular flexibility index (Phi) is 6.38. The number of sulfonamides is 1. The van der Waals surface area contributed by atoms with E-state index >= 15 is 0 Å². The van der Waals surface area contributed by atoms with Gasteiger partial charge in [-0.05, 0) is 55.0 Å². The summed E-state index contributed by atoms with van der Waals surface area (Å²) in [7, 11) is -3.77. The van der Waals surface area contributed by atoms with Crippen LogP contribution in [-0.2, 0) is 21.3 Å². The lowest BCUT2D eigenvalue weighted by molar-refractivity contribution is 0.0482. The minimum Gasteiger partial charge on any atom is -0.468 e. The maximum atomic E-state index is 12.4. The summed E-state index contributed by atoms with van der Waals surface area (Å²) in [6.45, 7) is 0.126. The van der Waals surface area contributed by atoms with Crippen LogP contribution in [0.25, 0.3) is 0 Å². The van der Waals surface area contributed by atoms with Gasteiger partial charge in [0.1, 0.15) is 5.76 Å². The summed E-state index contributed by atoms with van der Waals surface area (Å²) in [6.07, 6.45) is 1.73. The number of hydrogen-bond acceptors (Lipinski definition) is 7. The van der Waals surface area contributed by atoms with Crippen molar-refractivity contribution in [3.05, 3.63) is 89.4 Å². The normalized spacial score (nSPS) is 13.3. The smallest absolute Gasteiger partial charge is 0.338 e. The summed E-state index contributed by atoms with van der Waals surface area (Å²) in [4.78, 5) is 38.0. The molecule has 3 aromatic rings. The molecule has 1 aliphatic rings. The summed E-state index contributed by atoms with van der Waals surface area (Å²) < 4.78 is 37.4. The molecule has 2 heterocycles. The molecule has 0 spiro atoms. The molecule has 0 aliphatic carbocycles. The van der Waals surface area contributed by atoms with Crippen LogP contribution in [0.15, 0.2) is 76.2 Å². The summed E-state index contributed by atoms with van der Waals surface area (Å²) in [6, 6.07) is 15.2. The molecule has 0 bridgehead atoms. The molecule has 0 saturated carbocycles. The molecule has 33 heavy (non-hydrogen) atoms. The molecule has 1 aliphatic heterocycles. The van der Waals surface area contributed by atoms with Crippen LogP contribution in [0.3, 0.4) is 0 Å². The second kappa shape index (κ2) is 9.39. The highest BCUT2D eigenvalue weighted by Gasteiger charge is 2.34. The van der Waals surface area contributed by atoms with Gasteiger partial charge in [-0.2, -0.15) is 0 Å². The number of rotatable bonds is 9. The van der Waals surface area contributed by atoms with Gasteiger partial charge >= 0.3 is 5.97 Å². The van der Waals surface area contributed by atoms with Crippen molar-refractivity contribution < 1.29 is 32.0 Å². The lowest BCUT2D eigenvalue weighted by Crippen LogP contribution is -2.31. The Morgan fingerprint density at radius 1 is 0.939 bits per heavy atom. The van der Waals surface area contributed by atoms with E-state index in [4.69, 9.17) is 9.15 Å². The second-order valence-electron chi connectivity index (χ2n) is 7.23. The van der Waals surface area contributed by atoms with Crippen molar-refractivity contribution in [1.82, 2.24) is 9.62 Å². The molecule has 4 rings (SSSR count). The van der Waals surface area contributed by atoms with Gasteiger partial charge in [-0.1, -0.05) is 12.1 Å². The van der Waals surface area contributed by atoms with Crippen LogP contribution >= 0.6 is 0 Å². The predicted octanol–water partition coefficient (Wildman–Crippen LogP) is 2.60. The van der Waals surface area contributed by atoms with E-state index in [0.717, 1.165) is 4.90 Å². The van der Waals surface area contributed by atoms with Crippen molar-refractivity contribution in [2.45, 2.75) is 17.9 Å². The molecule has 0 saturated heterocycles. The molecule has 1 N–H and O–H groups in total. The van der Waals surface area contributed by atoms with Crippen LogP contribution in [0.5, 0.6) is 0 Å². The first-order chi connectivity index (χ1) is 15.9. The topological polar surface area (TPSA) is 123 Å². The van der Waals surface area contributed by atoms with Crippen molar-refractivity contribution >= 4 is 27.8 Å². The molecular weight excluding hydrogens is 448 g/mol. The fourth-order valence-corrected chi connectivity index (χ4v) is 4.34. The van der Waals surface area contributed by atoms with Crippen molar-refractivity contribution in [2.24, 2.45) is 0 Å². The highest BCUT2D eigenvalue weighted by atomic mass is 32.2. The number of esters is 1. The predicted molar refractivity (Wildman–Crippen MR) is 116 cm³/mol. The monoisotopic (exact) mass is 468 g/mol. The Hall–Kier alpha value is -3.76. The molecule has 1 aromatic heterocycles. The number of ether oxygens (including phenoxy) is 1. The zero-order valence-corrected chi connectivity index (χ0v) is 18.2. The van der Waals surface area contributed by atoms with E-state index in [2.05, 4.69) is 4.72 Å². The van der Waals surface area contributed by atoms with Crippen molar-refractivity contribution in [1.29, 1.82) is 0 Å². The van der Waals surface area contributed by atoms with Crippen LogP contribution < -0.4 is 4.72 Å². The first-order valence-electron chi connectivity index (χ1n) is 10.1. The van der Waals surface area contributed by atoms with Gasteiger partial charge in [0.15, 0.2) is 0 Å². The number of imide groups is 1. The summed E-state index contributed by atoms with van der Waals surface area (Å²) in [5.74, 6) is -0.886. The summed E-state index contributed by atoms with van der Waals surface area (Å²) >= 11 is 0. The van der Waals surface area contributed by atoms with Crippen molar-refractivity contribution in [2.75, 3.05) is 13.2 Å². The SMILES string of the molecule is O=C(OCCCN1C(=O)c2ccccc2C1=O)c1ccc(S(=O)(=O)NCc2ccco2)cc1. The average molecular weight is 468 g/mol. The highest BCUT2D eigenvalue weighted by Crippen LogP contribution is 2.22. The Bertz CT molecular complexity index is 1250. The van der Waals surface area contributed by atoms with Gasteiger partial charge in [0.2, 0.25) is 10.0 Å². The van der Waals surface area contributed by atoms with Crippen LogP contribution in [0.2, 0.25) is 0 Å². The third-order valence-corrected chi connectivity index (χ3v) is 6.47. The fraction of sp³-hybridized carbons (Fsp3) is 0.174. The van der Waals surface area contributed by atoms with Gasteiger partial charge in [-0.25, -0.2) is 17.9 Å². The van der Waals surface area contributed by atoms with Crippen molar-refractivity contribution in [3.8, 4) is 0 Å². The largest absolute Gasteiger partial charge is 0.468 e. The number of carbonyl (C=O) groups excluding carboxylic acids is 3. The molecule has 170 valence electrons. The fourth-order valence-electron chi connectivity index (χ4n) is 3.35. The van der Waals surface area contributed by atoms with Crippen molar-refractivity contribution in [3.63, 3.8) is 0 Å². The summed E-state index contributed by atoms with van der Waals surface area (Å²) in [5, 5.41) is 0. The van der Waals surface area contributed by atoms with E-state index in [9.17, 15) is 22.8 Å². The van der Waals surface area contributed by atoms with E-state index in [0.29, 0.717) is 16.9 Å². The van der Waals surface area contributed by atoms with Gasteiger partial charge in [-0.15, -0.1) is 0 Å². The van der Waals surface area contributed by atoms with Gasteiger partial charge in [0.25, 0.3) is 11.8 Å². The molecule has 0 unspecified atom stereocenters. The lowest BCUT2D eigenvalue weighted by atomic mass is 10.1. The molecule has 0 radical (unpaired) electrons. The third-order valence-electron chi connectivity index (χ3n) is 5.05. The van der Waals surface area contributed by atoms with Crippen LogP contribution in [0.1, 0.15) is 43.3 Å². The highest BCUT2D eigenvalue weighted by molar-refractivity contribution is 7.89. The Labute approximate surface area is 190 Å². The van der Waals surface area contributed by atoms with E-state index < -0.39 is 16.0 Å². The Balaban J connectivity index is 1.26. The van der Waals surface area contributed by atoms with E-state index in [1.54, 1.807) is 36.4 Å². The Morgan fingerprint density at radius 2 is 1.61 bits per heavy atom. The zero-order valence-electron chi connectivity index (χ0n) is 17.4. The van der Waals surface area contributed by atoms with E-state index in [1.165, 1.54) is 30.5 Å². The van der Waals surface area contributed by atoms with Gasteiger partial charge in [0, 0.05) is 6.54 Å². The quantitative estimate of drug-likeness (QED) is 0.291. The molecular formula is C23H20N2O7S. The van der Waals surface area contributed by atoms with Gasteiger partial charge in [-0.3, -0.25) is 14.5 Å². The van der Waals surface area contributed by atoms with Gasteiger partial charge < -0.3 is 9.15 Å². The number of benzene rings is 2. The molecule has 2 amide bonds. The maximum Gasteiger partial charge on any atom is 0.338 e. The maximum absolute atomic E-state index is 12.4. The number of nitrogens with zero attached hydrogens (tertiary/aromatic N) is 1. The Morgan fingerprint density at radius 3 is 2.21 bits per heavy atom. The van der Waals surface area contributed by atoms with Crippen LogP contribution in [0, 0.1) is 0 Å². The summed E-state index contributed by atoms with van der Waals surface area (Å²) in [5.41, 5.74) is 0.919. The number of amides is 2.